The van der Waals surface area contributed by atoms with Crippen molar-refractivity contribution in [2.45, 2.75) is 44.7 Å². The van der Waals surface area contributed by atoms with Crippen molar-refractivity contribution < 1.29 is 9.53 Å². The van der Waals surface area contributed by atoms with Crippen LogP contribution in [0.25, 0.3) is 0 Å². The van der Waals surface area contributed by atoms with E-state index in [0.29, 0.717) is 6.54 Å². The molecule has 0 aliphatic heterocycles. The summed E-state index contributed by atoms with van der Waals surface area (Å²) in [6.45, 7) is 0.492. The molecule has 122 valence electrons. The van der Waals surface area contributed by atoms with Crippen LogP contribution in [-0.2, 0) is 11.3 Å². The van der Waals surface area contributed by atoms with Crippen molar-refractivity contribution in [2.24, 2.45) is 0 Å². The van der Waals surface area contributed by atoms with Crippen molar-refractivity contribution >= 4 is 5.91 Å². The molecule has 5 nitrogen and oxygen atoms in total. The lowest BCUT2D eigenvalue weighted by atomic mass is 9.95. The van der Waals surface area contributed by atoms with Crippen LogP contribution in [0.4, 0.5) is 0 Å². The number of nitriles is 1. The Labute approximate surface area is 137 Å². The largest absolute Gasteiger partial charge is 0.496 e. The van der Waals surface area contributed by atoms with Gasteiger partial charge in [-0.2, -0.15) is 5.26 Å². The number of nitrogens with zero attached hydrogens (tertiary/aromatic N) is 1. The monoisotopic (exact) mass is 313 g/mol. The van der Waals surface area contributed by atoms with E-state index in [0.717, 1.165) is 37.0 Å². The highest BCUT2D eigenvalue weighted by Crippen LogP contribution is 2.18. The van der Waals surface area contributed by atoms with Crippen LogP contribution in [0, 0.1) is 11.3 Å². The summed E-state index contributed by atoms with van der Waals surface area (Å²) in [6, 6.07) is 9.79. The van der Waals surface area contributed by atoms with E-state index in [2.05, 4.69) is 10.6 Å². The van der Waals surface area contributed by atoms with Gasteiger partial charge in [0.1, 0.15) is 17.4 Å². The number of methoxy groups -OCH3 is 1. The van der Waals surface area contributed by atoms with Gasteiger partial charge < -0.3 is 15.4 Å². The van der Waals surface area contributed by atoms with Gasteiger partial charge in [0, 0.05) is 24.4 Å². The molecule has 0 atom stereocenters. The van der Waals surface area contributed by atoms with Crippen molar-refractivity contribution in [3.63, 3.8) is 0 Å². The molecule has 0 bridgehead atoms. The summed E-state index contributed by atoms with van der Waals surface area (Å²) >= 11 is 0. The lowest BCUT2D eigenvalue weighted by Gasteiger charge is -2.22. The molecule has 1 saturated carbocycles. The summed E-state index contributed by atoms with van der Waals surface area (Å²) in [6.07, 6.45) is 6.99. The van der Waals surface area contributed by atoms with E-state index >= 15 is 0 Å². The Morgan fingerprint density at radius 3 is 2.78 bits per heavy atom. The van der Waals surface area contributed by atoms with E-state index in [1.165, 1.54) is 12.6 Å². The molecule has 1 aromatic rings. The molecule has 1 fully saturated rings. The Morgan fingerprint density at radius 1 is 1.35 bits per heavy atom. The first-order chi connectivity index (χ1) is 11.2. The molecule has 1 aliphatic rings. The van der Waals surface area contributed by atoms with E-state index < -0.39 is 0 Å². The number of hydrogen-bond donors (Lipinski definition) is 2. The van der Waals surface area contributed by atoms with Crippen LogP contribution >= 0.6 is 0 Å². The van der Waals surface area contributed by atoms with Crippen molar-refractivity contribution in [3.05, 3.63) is 41.6 Å². The molecule has 1 aliphatic carbocycles. The fourth-order valence-corrected chi connectivity index (χ4v) is 2.77. The molecular formula is C18H23N3O2. The number of hydrogen-bond acceptors (Lipinski definition) is 4. The molecule has 2 N–H and O–H groups in total. The van der Waals surface area contributed by atoms with Crippen molar-refractivity contribution in [3.8, 4) is 11.8 Å². The predicted molar refractivity (Wildman–Crippen MR) is 88.5 cm³/mol. The minimum Gasteiger partial charge on any atom is -0.496 e. The van der Waals surface area contributed by atoms with Crippen LogP contribution in [-0.4, -0.2) is 19.1 Å². The van der Waals surface area contributed by atoms with Crippen LogP contribution in [0.2, 0.25) is 0 Å². The molecule has 0 saturated heterocycles. The topological polar surface area (TPSA) is 74.1 Å². The number of benzene rings is 1. The van der Waals surface area contributed by atoms with Gasteiger partial charge in [-0.1, -0.05) is 37.5 Å². The third-order valence-electron chi connectivity index (χ3n) is 4.04. The number of nitrogens with one attached hydrogen (secondary N) is 2. The number of ether oxygens (including phenoxy) is 1. The van der Waals surface area contributed by atoms with Gasteiger partial charge in [0.05, 0.1) is 7.11 Å². The normalized spacial score (nSPS) is 15.6. The van der Waals surface area contributed by atoms with E-state index in [4.69, 9.17) is 4.74 Å². The summed E-state index contributed by atoms with van der Waals surface area (Å²) < 4.78 is 5.27. The summed E-state index contributed by atoms with van der Waals surface area (Å²) in [7, 11) is 1.62. The molecule has 1 amide bonds. The van der Waals surface area contributed by atoms with Crippen molar-refractivity contribution in [1.82, 2.24) is 10.6 Å². The smallest absolute Gasteiger partial charge is 0.263 e. The molecule has 5 heteroatoms. The molecule has 0 unspecified atom stereocenters. The quantitative estimate of drug-likeness (QED) is 0.625. The summed E-state index contributed by atoms with van der Waals surface area (Å²) in [5, 5.41) is 15.1. The maximum Gasteiger partial charge on any atom is 0.263 e. The average molecular weight is 313 g/mol. The summed E-state index contributed by atoms with van der Waals surface area (Å²) in [5.74, 6) is 0.477. The number of rotatable bonds is 6. The maximum atomic E-state index is 12.1. The molecule has 23 heavy (non-hydrogen) atoms. The fourth-order valence-electron chi connectivity index (χ4n) is 2.77. The standard InChI is InChI=1S/C18H23N3O2/c1-23-17-10-6-5-7-14(17)12-20-13-15(11-19)18(22)21-16-8-3-2-4-9-16/h5-7,10,13,16,20H,2-4,8-9,12H2,1H3,(H,21,22)/b15-13-. The molecule has 1 aromatic carbocycles. The highest BCUT2D eigenvalue weighted by Gasteiger charge is 2.17. The molecule has 0 aromatic heterocycles. The number of carbonyl (C=O) groups is 1. The first-order valence-corrected chi connectivity index (χ1v) is 8.01. The Kier molecular flexibility index (Phi) is 6.49. The van der Waals surface area contributed by atoms with Gasteiger partial charge in [0.2, 0.25) is 0 Å². The second kappa shape index (κ2) is 8.84. The van der Waals surface area contributed by atoms with Gasteiger partial charge in [-0.25, -0.2) is 0 Å². The molecule has 2 rings (SSSR count). The second-order valence-electron chi connectivity index (χ2n) is 5.67. The SMILES string of the molecule is COc1ccccc1CN/C=C(/C#N)C(=O)NC1CCCCC1. The lowest BCUT2D eigenvalue weighted by Crippen LogP contribution is -2.37. The number of amides is 1. The maximum absolute atomic E-state index is 12.1. The Bertz CT molecular complexity index is 599. The van der Waals surface area contributed by atoms with Gasteiger partial charge in [-0.3, -0.25) is 4.79 Å². The van der Waals surface area contributed by atoms with E-state index in [9.17, 15) is 10.1 Å². The van der Waals surface area contributed by atoms with Gasteiger partial charge in [-0.15, -0.1) is 0 Å². The minimum atomic E-state index is -0.299. The first-order valence-electron chi connectivity index (χ1n) is 8.01. The van der Waals surface area contributed by atoms with Crippen LogP contribution in [0.15, 0.2) is 36.0 Å². The van der Waals surface area contributed by atoms with Gasteiger partial charge in [0.15, 0.2) is 0 Å². The van der Waals surface area contributed by atoms with Crippen LogP contribution < -0.4 is 15.4 Å². The molecule has 0 spiro atoms. The van der Waals surface area contributed by atoms with E-state index in [-0.39, 0.29) is 17.5 Å². The Morgan fingerprint density at radius 2 is 2.09 bits per heavy atom. The Balaban J connectivity index is 1.90. The number of para-hydroxylation sites is 1. The molecular weight excluding hydrogens is 290 g/mol. The lowest BCUT2D eigenvalue weighted by molar-refractivity contribution is -0.118. The van der Waals surface area contributed by atoms with Gasteiger partial charge >= 0.3 is 0 Å². The summed E-state index contributed by atoms with van der Waals surface area (Å²) in [4.78, 5) is 12.1. The van der Waals surface area contributed by atoms with E-state index in [1.807, 2.05) is 30.3 Å². The van der Waals surface area contributed by atoms with Gasteiger partial charge in [-0.05, 0) is 18.9 Å². The van der Waals surface area contributed by atoms with Crippen LogP contribution in [0.3, 0.4) is 0 Å². The van der Waals surface area contributed by atoms with Crippen LogP contribution in [0.5, 0.6) is 5.75 Å². The minimum absolute atomic E-state index is 0.102. The first kappa shape index (κ1) is 16.9. The Hall–Kier alpha value is -2.48. The highest BCUT2D eigenvalue weighted by atomic mass is 16.5. The zero-order valence-electron chi connectivity index (χ0n) is 13.5. The molecule has 0 heterocycles. The van der Waals surface area contributed by atoms with Crippen molar-refractivity contribution in [2.75, 3.05) is 7.11 Å². The third-order valence-corrected chi connectivity index (χ3v) is 4.04. The van der Waals surface area contributed by atoms with Crippen molar-refractivity contribution in [1.29, 1.82) is 5.26 Å². The predicted octanol–water partition coefficient (Wildman–Crippen LogP) is 2.64. The van der Waals surface area contributed by atoms with Crippen LogP contribution in [0.1, 0.15) is 37.7 Å². The zero-order valence-corrected chi connectivity index (χ0v) is 13.5. The third kappa shape index (κ3) is 5.03. The second-order valence-corrected chi connectivity index (χ2v) is 5.67. The molecule has 0 radical (unpaired) electrons. The highest BCUT2D eigenvalue weighted by molar-refractivity contribution is 5.97. The van der Waals surface area contributed by atoms with Gasteiger partial charge in [0.25, 0.3) is 5.91 Å². The fraction of sp³-hybridized carbons (Fsp3) is 0.444. The van der Waals surface area contributed by atoms with E-state index in [1.54, 1.807) is 7.11 Å². The summed E-state index contributed by atoms with van der Waals surface area (Å²) in [5.41, 5.74) is 1.07. The zero-order chi connectivity index (χ0) is 16.5. The average Bonchev–Trinajstić information content (AvgIpc) is 2.60. The number of carbonyl (C=O) groups excluding carboxylic acids is 1.